The van der Waals surface area contributed by atoms with E-state index in [0.29, 0.717) is 42.5 Å². The van der Waals surface area contributed by atoms with Gasteiger partial charge in [0.15, 0.2) is 0 Å². The molecule has 4 rings (SSSR count). The number of carboxylic acid groups (broad SMARTS) is 1. The molecule has 2 N–H and O–H groups in total. The Morgan fingerprint density at radius 1 is 1.00 bits per heavy atom. The van der Waals surface area contributed by atoms with Crippen molar-refractivity contribution < 1.29 is 23.8 Å². The molecule has 0 fully saturated rings. The van der Waals surface area contributed by atoms with Gasteiger partial charge in [0, 0.05) is 25.7 Å². The highest BCUT2D eigenvalue weighted by Crippen LogP contribution is 2.24. The molecule has 0 bridgehead atoms. The number of likely N-dealkylation sites (N-methyl/N-ethyl adjacent to an activating group) is 1. The molecule has 1 heterocycles. The van der Waals surface area contributed by atoms with Crippen LogP contribution in [0.2, 0.25) is 0 Å². The lowest BCUT2D eigenvalue weighted by molar-refractivity contribution is -0.130. The summed E-state index contributed by atoms with van der Waals surface area (Å²) in [7, 11) is 3.38. The number of hydrogen-bond donors (Lipinski definition) is 2. The van der Waals surface area contributed by atoms with Crippen LogP contribution in [-0.2, 0) is 24.2 Å². The number of benzene rings is 3. The quantitative estimate of drug-likeness (QED) is 0.202. The van der Waals surface area contributed by atoms with E-state index in [0.717, 1.165) is 16.9 Å². The fourth-order valence-electron chi connectivity index (χ4n) is 5.18. The molecule has 4 aromatic rings. The predicted octanol–water partition coefficient (Wildman–Crippen LogP) is 5.90. The van der Waals surface area contributed by atoms with Gasteiger partial charge in [-0.2, -0.15) is 4.98 Å². The molecular weight excluding hydrogens is 572 g/mol. The fourth-order valence-corrected chi connectivity index (χ4v) is 5.18. The number of nitrogens with one attached hydrogen (secondary N) is 1. The lowest BCUT2D eigenvalue weighted by Crippen LogP contribution is -2.44. The fraction of sp³-hybridized carbons (Fsp3) is 0.371. The van der Waals surface area contributed by atoms with Gasteiger partial charge in [-0.25, -0.2) is 9.59 Å². The number of aryl methyl sites for hydroxylation is 2. The average molecular weight is 615 g/mol. The maximum absolute atomic E-state index is 13.7. The van der Waals surface area contributed by atoms with E-state index >= 15 is 0 Å². The van der Waals surface area contributed by atoms with E-state index in [1.807, 2.05) is 75.4 Å². The van der Waals surface area contributed by atoms with Gasteiger partial charge in [0.1, 0.15) is 11.8 Å². The van der Waals surface area contributed by atoms with Crippen molar-refractivity contribution in [2.45, 2.75) is 65.1 Å². The summed E-state index contributed by atoms with van der Waals surface area (Å²) in [6.07, 6.45) is 0.674. The van der Waals surface area contributed by atoms with Crippen LogP contribution in [0.1, 0.15) is 49.4 Å². The summed E-state index contributed by atoms with van der Waals surface area (Å²) in [5.74, 6) is 0.603. The van der Waals surface area contributed by atoms with Gasteiger partial charge in [-0.05, 0) is 87.4 Å². The standard InChI is InChI=1S/C35H42N4O6/c1-23-26(22-39(34(42)43)35(2,3)4)15-19-28-30(23)32(41)45-33(36-28)37-29(18-14-25-12-16-27(44-6)17-13-25)31(40)38(5)21-20-24-10-8-7-9-11-24/h7-13,15-17,19,29H,14,18,20-22H2,1-6H3,(H,36,37)(H,42,43)/t29-/m0/s1. The normalized spacial score (nSPS) is 12.0. The van der Waals surface area contributed by atoms with Crippen molar-refractivity contribution in [3.8, 4) is 5.75 Å². The zero-order chi connectivity index (χ0) is 32.7. The highest BCUT2D eigenvalue weighted by Gasteiger charge is 2.28. The second-order valence-corrected chi connectivity index (χ2v) is 12.2. The molecule has 0 spiro atoms. The van der Waals surface area contributed by atoms with Crippen LogP contribution in [0.3, 0.4) is 0 Å². The zero-order valence-corrected chi connectivity index (χ0v) is 26.8. The van der Waals surface area contributed by atoms with Crippen LogP contribution in [-0.4, -0.2) is 64.2 Å². The second-order valence-electron chi connectivity index (χ2n) is 12.2. The van der Waals surface area contributed by atoms with E-state index in [-0.39, 0.29) is 23.9 Å². The smallest absolute Gasteiger partial charge is 0.408 e. The number of anilines is 1. The first-order valence-corrected chi connectivity index (χ1v) is 15.0. The number of carbonyl (C=O) groups excluding carboxylic acids is 1. The molecular formula is C35H42N4O6. The predicted molar refractivity (Wildman–Crippen MR) is 175 cm³/mol. The average Bonchev–Trinajstić information content (AvgIpc) is 3.01. The first-order valence-electron chi connectivity index (χ1n) is 15.0. The van der Waals surface area contributed by atoms with E-state index in [1.54, 1.807) is 38.1 Å². The molecule has 10 nitrogen and oxygen atoms in total. The van der Waals surface area contributed by atoms with Crippen molar-refractivity contribution in [1.29, 1.82) is 0 Å². The van der Waals surface area contributed by atoms with Crippen molar-refractivity contribution in [3.63, 3.8) is 0 Å². The van der Waals surface area contributed by atoms with Gasteiger partial charge >= 0.3 is 11.7 Å². The van der Waals surface area contributed by atoms with Crippen molar-refractivity contribution in [2.24, 2.45) is 0 Å². The number of hydrogen-bond acceptors (Lipinski definition) is 7. The first-order chi connectivity index (χ1) is 21.4. The lowest BCUT2D eigenvalue weighted by Gasteiger charge is -2.33. The summed E-state index contributed by atoms with van der Waals surface area (Å²) in [5, 5.41) is 13.1. The number of methoxy groups -OCH3 is 1. The van der Waals surface area contributed by atoms with Gasteiger partial charge in [-0.3, -0.25) is 9.69 Å². The zero-order valence-electron chi connectivity index (χ0n) is 26.8. The minimum atomic E-state index is -1.05. The first kappa shape index (κ1) is 33.0. The summed E-state index contributed by atoms with van der Waals surface area (Å²) in [6.45, 7) is 7.83. The third-order valence-corrected chi connectivity index (χ3v) is 7.97. The molecule has 2 amide bonds. The van der Waals surface area contributed by atoms with Crippen LogP contribution in [0.4, 0.5) is 10.8 Å². The van der Waals surface area contributed by atoms with Gasteiger partial charge in [-0.1, -0.05) is 48.5 Å². The highest BCUT2D eigenvalue weighted by atomic mass is 16.5. The number of rotatable bonds is 12. The molecule has 1 atom stereocenters. The van der Waals surface area contributed by atoms with E-state index in [1.165, 1.54) is 4.90 Å². The van der Waals surface area contributed by atoms with Crippen LogP contribution in [0.25, 0.3) is 10.9 Å². The Hall–Kier alpha value is -4.86. The molecule has 0 saturated heterocycles. The Labute approximate surface area is 263 Å². The van der Waals surface area contributed by atoms with Gasteiger partial charge < -0.3 is 24.5 Å². The Balaban J connectivity index is 1.59. The maximum atomic E-state index is 13.7. The number of amides is 2. The van der Waals surface area contributed by atoms with Gasteiger partial charge in [0.2, 0.25) is 5.91 Å². The largest absolute Gasteiger partial charge is 0.497 e. The molecule has 10 heteroatoms. The highest BCUT2D eigenvalue weighted by molar-refractivity contribution is 5.85. The van der Waals surface area contributed by atoms with Crippen LogP contribution >= 0.6 is 0 Å². The third kappa shape index (κ3) is 8.41. The van der Waals surface area contributed by atoms with Crippen LogP contribution < -0.4 is 15.7 Å². The summed E-state index contributed by atoms with van der Waals surface area (Å²) < 4.78 is 10.9. The molecule has 3 aromatic carbocycles. The molecule has 0 saturated carbocycles. The maximum Gasteiger partial charge on any atom is 0.408 e. The Morgan fingerprint density at radius 3 is 2.29 bits per heavy atom. The SMILES string of the molecule is COc1ccc(CC[C@H](Nc2nc3ccc(CN(C(=O)O)C(C)(C)C)c(C)c3c(=O)o2)C(=O)N(C)CCc2ccccc2)cc1. The monoisotopic (exact) mass is 614 g/mol. The summed E-state index contributed by atoms with van der Waals surface area (Å²) in [4.78, 5) is 46.5. The molecule has 0 unspecified atom stereocenters. The van der Waals surface area contributed by atoms with Gasteiger partial charge in [0.05, 0.1) is 18.0 Å². The van der Waals surface area contributed by atoms with Crippen molar-refractivity contribution >= 4 is 28.9 Å². The number of nitrogens with zero attached hydrogens (tertiary/aromatic N) is 3. The Bertz CT molecular complexity index is 1680. The topological polar surface area (TPSA) is 125 Å². The molecule has 0 aliphatic heterocycles. The minimum absolute atomic E-state index is 0.0500. The number of carbonyl (C=O) groups is 2. The van der Waals surface area contributed by atoms with E-state index in [9.17, 15) is 19.5 Å². The molecule has 0 aliphatic rings. The molecule has 0 aliphatic carbocycles. The molecule has 45 heavy (non-hydrogen) atoms. The van der Waals surface area contributed by atoms with E-state index in [4.69, 9.17) is 9.15 Å². The summed E-state index contributed by atoms with van der Waals surface area (Å²) in [6, 6.07) is 20.3. The molecule has 1 aromatic heterocycles. The van der Waals surface area contributed by atoms with Crippen molar-refractivity contribution in [3.05, 3.63) is 99.4 Å². The second kappa shape index (κ2) is 14.3. The van der Waals surface area contributed by atoms with E-state index in [2.05, 4.69) is 10.3 Å². The number of aromatic nitrogens is 1. The van der Waals surface area contributed by atoms with Crippen LogP contribution in [0, 0.1) is 6.92 Å². The summed E-state index contributed by atoms with van der Waals surface area (Å²) in [5.41, 5.74) is 2.59. The van der Waals surface area contributed by atoms with Crippen molar-refractivity contribution in [1.82, 2.24) is 14.8 Å². The third-order valence-electron chi connectivity index (χ3n) is 7.97. The molecule has 238 valence electrons. The van der Waals surface area contributed by atoms with Crippen molar-refractivity contribution in [2.75, 3.05) is 26.0 Å². The Morgan fingerprint density at radius 2 is 1.67 bits per heavy atom. The van der Waals surface area contributed by atoms with E-state index < -0.39 is 23.3 Å². The van der Waals surface area contributed by atoms with Gasteiger partial charge in [-0.15, -0.1) is 0 Å². The lowest BCUT2D eigenvalue weighted by atomic mass is 10.0. The summed E-state index contributed by atoms with van der Waals surface area (Å²) >= 11 is 0. The molecule has 0 radical (unpaired) electrons. The number of fused-ring (bicyclic) bond motifs is 1. The van der Waals surface area contributed by atoms with Gasteiger partial charge in [0.25, 0.3) is 6.01 Å². The minimum Gasteiger partial charge on any atom is -0.497 e. The number of ether oxygens (including phenoxy) is 1. The van der Waals surface area contributed by atoms with Crippen LogP contribution in [0.5, 0.6) is 5.75 Å². The Kier molecular flexibility index (Phi) is 10.5. The van der Waals surface area contributed by atoms with Crippen LogP contribution in [0.15, 0.2) is 75.9 Å².